The van der Waals surface area contributed by atoms with E-state index < -0.39 is 15.3 Å². The van der Waals surface area contributed by atoms with Crippen LogP contribution in [0.4, 0.5) is 5.69 Å². The molecule has 0 aromatic heterocycles. The second kappa shape index (κ2) is 14.8. The standard InChI is InChI=1S/C42H57ClN4O5S/c1-29-7-5-16-42(50-3,27-45-24-35(25-45)46-17-19-51-20-18-46)37-12-9-33(37)23-47-26-41(15-6-8-31-21-34(43)11-13-36(31)41)28-52-39-14-10-32(22-38(39)47)40(48)44-53(4,49)30(29)2/h5,10-11,13-14,16,21-22,29-30,33,35,37H,4,6-9,12,15,17-20,23-28H2,1-3H3,(H,44,48,49)/b16-5+/t29-,30+,33-,37+,41-,42-,53?/m0/s1. The van der Waals surface area contributed by atoms with Crippen molar-refractivity contribution in [2.45, 2.75) is 74.7 Å². The van der Waals surface area contributed by atoms with Crippen LogP contribution in [0.15, 0.2) is 48.6 Å². The molecular weight excluding hydrogens is 708 g/mol. The van der Waals surface area contributed by atoms with Gasteiger partial charge in [-0.3, -0.25) is 19.3 Å². The lowest BCUT2D eigenvalue weighted by Gasteiger charge is -2.54. The maximum atomic E-state index is 14.0. The van der Waals surface area contributed by atoms with E-state index in [0.717, 1.165) is 114 Å². The quantitative estimate of drug-likeness (QED) is 0.319. The van der Waals surface area contributed by atoms with Crippen LogP contribution in [0.1, 0.15) is 67.4 Å². The number of halogens is 1. The summed E-state index contributed by atoms with van der Waals surface area (Å²) in [5.41, 5.74) is 3.32. The predicted molar refractivity (Wildman–Crippen MR) is 214 cm³/mol. The topological polar surface area (TPSA) is 83.6 Å². The second-order valence-electron chi connectivity index (χ2n) is 16.9. The Morgan fingerprint density at radius 2 is 1.91 bits per heavy atom. The van der Waals surface area contributed by atoms with Gasteiger partial charge in [0.05, 0.1) is 35.2 Å². The second-order valence-corrected chi connectivity index (χ2v) is 19.7. The first-order valence-corrected chi connectivity index (χ1v) is 21.9. The molecule has 7 atom stereocenters. The highest BCUT2D eigenvalue weighted by Crippen LogP contribution is 2.49. The van der Waals surface area contributed by atoms with Gasteiger partial charge in [0, 0.05) is 80.2 Å². The van der Waals surface area contributed by atoms with Crippen molar-refractivity contribution >= 4 is 38.8 Å². The van der Waals surface area contributed by atoms with E-state index >= 15 is 0 Å². The lowest BCUT2D eigenvalue weighted by molar-refractivity contribution is -0.113. The number of methoxy groups -OCH3 is 1. The average molecular weight is 765 g/mol. The zero-order valence-electron chi connectivity index (χ0n) is 31.7. The largest absolute Gasteiger partial charge is 0.490 e. The third kappa shape index (κ3) is 7.17. The fraction of sp³-hybridized carbons (Fsp3) is 0.619. The summed E-state index contributed by atoms with van der Waals surface area (Å²) in [5.74, 6) is 5.22. The lowest BCUT2D eigenvalue weighted by atomic mass is 9.63. The Morgan fingerprint density at radius 1 is 1.09 bits per heavy atom. The van der Waals surface area contributed by atoms with E-state index in [2.05, 4.69) is 56.5 Å². The van der Waals surface area contributed by atoms with Crippen molar-refractivity contribution in [1.29, 1.82) is 0 Å². The number of likely N-dealkylation sites (tertiary alicyclic amines) is 1. The minimum atomic E-state index is -2.95. The number of carbonyl (C=O) groups excluding carboxylic acids is 1. The van der Waals surface area contributed by atoms with Crippen molar-refractivity contribution < 1.29 is 23.2 Å². The van der Waals surface area contributed by atoms with Gasteiger partial charge in [0.15, 0.2) is 0 Å². The predicted octanol–water partition coefficient (Wildman–Crippen LogP) is 5.59. The highest BCUT2D eigenvalue weighted by molar-refractivity contribution is 7.99. The molecule has 1 amide bonds. The van der Waals surface area contributed by atoms with Crippen LogP contribution >= 0.6 is 11.6 Å². The minimum Gasteiger partial charge on any atom is -0.490 e. The molecule has 53 heavy (non-hydrogen) atoms. The van der Waals surface area contributed by atoms with Crippen molar-refractivity contribution in [1.82, 2.24) is 14.5 Å². The number of rotatable bonds is 4. The van der Waals surface area contributed by atoms with Gasteiger partial charge in [-0.1, -0.05) is 36.7 Å². The number of morpholine rings is 1. The Hall–Kier alpha value is -2.60. The first kappa shape index (κ1) is 37.3. The molecule has 1 saturated carbocycles. The molecule has 1 spiro atoms. The van der Waals surface area contributed by atoms with E-state index in [1.54, 1.807) is 6.07 Å². The summed E-state index contributed by atoms with van der Waals surface area (Å²) in [5, 5.41) is 0.437. The van der Waals surface area contributed by atoms with Gasteiger partial charge in [0.25, 0.3) is 5.91 Å². The Bertz CT molecular complexity index is 1830. The monoisotopic (exact) mass is 764 g/mol. The molecule has 288 valence electrons. The number of hydrogen-bond acceptors (Lipinski definition) is 8. The van der Waals surface area contributed by atoms with Crippen molar-refractivity contribution in [2.75, 3.05) is 77.6 Å². The molecule has 8 rings (SSSR count). The molecule has 4 heterocycles. The Morgan fingerprint density at radius 3 is 2.66 bits per heavy atom. The summed E-state index contributed by atoms with van der Waals surface area (Å²) in [7, 11) is -1.06. The molecule has 2 aromatic carbocycles. The van der Waals surface area contributed by atoms with Gasteiger partial charge in [0.2, 0.25) is 0 Å². The molecule has 3 fully saturated rings. The summed E-state index contributed by atoms with van der Waals surface area (Å²) in [6.45, 7) is 12.8. The molecule has 1 N–H and O–H groups in total. The molecule has 2 bridgehead atoms. The Labute approximate surface area is 321 Å². The number of nitrogens with one attached hydrogen (secondary N) is 1. The van der Waals surface area contributed by atoms with E-state index in [4.69, 9.17) is 25.8 Å². The molecule has 2 aliphatic carbocycles. The van der Waals surface area contributed by atoms with Gasteiger partial charge in [-0.2, -0.15) is 0 Å². The molecule has 2 saturated heterocycles. The number of allylic oxidation sites excluding steroid dienone is 1. The summed E-state index contributed by atoms with van der Waals surface area (Å²) >= 11 is 6.52. The van der Waals surface area contributed by atoms with Gasteiger partial charge < -0.3 is 19.1 Å². The van der Waals surface area contributed by atoms with Crippen LogP contribution in [0, 0.1) is 17.8 Å². The number of anilines is 1. The van der Waals surface area contributed by atoms with Crippen molar-refractivity contribution in [2.24, 2.45) is 17.8 Å². The van der Waals surface area contributed by atoms with Crippen LogP contribution in [0.2, 0.25) is 5.02 Å². The molecule has 0 radical (unpaired) electrons. The summed E-state index contributed by atoms with van der Waals surface area (Å²) in [6.07, 6.45) is 10.6. The van der Waals surface area contributed by atoms with Crippen LogP contribution in [0.5, 0.6) is 5.75 Å². The minimum absolute atomic E-state index is 0.0336. The molecule has 1 unspecified atom stereocenters. The summed E-state index contributed by atoms with van der Waals surface area (Å²) in [6, 6.07) is 12.6. The molecule has 4 aliphatic heterocycles. The molecular formula is C42H57ClN4O5S. The first-order valence-electron chi connectivity index (χ1n) is 19.7. The third-order valence-electron chi connectivity index (χ3n) is 13.7. The van der Waals surface area contributed by atoms with Crippen molar-refractivity contribution in [3.05, 3.63) is 70.3 Å². The smallest absolute Gasteiger partial charge is 0.262 e. The Kier molecular flexibility index (Phi) is 10.4. The zero-order chi connectivity index (χ0) is 37.0. The average Bonchev–Trinajstić information content (AvgIpc) is 3.27. The highest BCUT2D eigenvalue weighted by atomic mass is 35.5. The van der Waals surface area contributed by atoms with Gasteiger partial charge in [-0.15, -0.1) is 0 Å². The number of fused-ring (bicyclic) bond motifs is 4. The number of amides is 1. The van der Waals surface area contributed by atoms with E-state index in [9.17, 15) is 9.00 Å². The SMILES string of the molecule is C=S1(=O)NC(=O)c2ccc3c(c2)N(C[C@@H]2CC[C@H]2[C@](CN2CC(N4CCOCC4)C2)(OC)/C=C/C[C@H](C)[C@H]1C)C[C@@]1(CCCc2cc(Cl)ccc21)CO3. The van der Waals surface area contributed by atoms with Crippen LogP contribution in [-0.2, 0) is 31.0 Å². The van der Waals surface area contributed by atoms with E-state index in [0.29, 0.717) is 30.0 Å². The van der Waals surface area contributed by atoms with Crippen LogP contribution in [-0.4, -0.2) is 115 Å². The van der Waals surface area contributed by atoms with Gasteiger partial charge >= 0.3 is 0 Å². The summed E-state index contributed by atoms with van der Waals surface area (Å²) < 4.78 is 36.0. The maximum absolute atomic E-state index is 14.0. The number of hydrogen-bond donors (Lipinski definition) is 1. The fourth-order valence-corrected chi connectivity index (χ4v) is 11.8. The van der Waals surface area contributed by atoms with E-state index in [-0.39, 0.29) is 22.5 Å². The number of benzene rings is 2. The van der Waals surface area contributed by atoms with E-state index in [1.165, 1.54) is 11.1 Å². The Balaban J connectivity index is 1.16. The van der Waals surface area contributed by atoms with Crippen molar-refractivity contribution in [3.8, 4) is 5.75 Å². The van der Waals surface area contributed by atoms with Gasteiger partial charge in [-0.05, 0) is 111 Å². The van der Waals surface area contributed by atoms with Crippen molar-refractivity contribution in [3.63, 3.8) is 0 Å². The zero-order valence-corrected chi connectivity index (χ0v) is 33.3. The fourth-order valence-electron chi connectivity index (χ4n) is 10.1. The number of carbonyl (C=O) groups is 1. The molecule has 11 heteroatoms. The van der Waals surface area contributed by atoms with Gasteiger partial charge in [-0.25, -0.2) is 4.21 Å². The van der Waals surface area contributed by atoms with Crippen LogP contribution in [0.3, 0.4) is 0 Å². The molecule has 9 nitrogen and oxygen atoms in total. The van der Waals surface area contributed by atoms with E-state index in [1.807, 2.05) is 32.2 Å². The van der Waals surface area contributed by atoms with Crippen LogP contribution < -0.4 is 14.4 Å². The van der Waals surface area contributed by atoms with Gasteiger partial charge in [0.1, 0.15) is 11.4 Å². The molecule has 6 aliphatic rings. The number of nitrogens with zero attached hydrogens (tertiary/aromatic N) is 3. The highest BCUT2D eigenvalue weighted by Gasteiger charge is 2.51. The summed E-state index contributed by atoms with van der Waals surface area (Å²) in [4.78, 5) is 21.5. The maximum Gasteiger partial charge on any atom is 0.262 e. The number of aryl methyl sites for hydroxylation is 1. The normalized spacial score (nSPS) is 36.2. The third-order valence-corrected chi connectivity index (χ3v) is 16.2. The van der Waals surface area contributed by atoms with Crippen LogP contribution in [0.25, 0.3) is 0 Å². The molecule has 2 aromatic rings. The first-order chi connectivity index (χ1) is 25.5. The number of ether oxygens (including phenoxy) is 3. The lowest BCUT2D eigenvalue weighted by Crippen LogP contribution is -2.66.